The Kier molecular flexibility index (Phi) is 7.25. The predicted octanol–water partition coefficient (Wildman–Crippen LogP) is 3.68. The van der Waals surface area contributed by atoms with Crippen LogP contribution in [0, 0.1) is 13.8 Å². The zero-order chi connectivity index (χ0) is 20.0. The Morgan fingerprint density at radius 3 is 2.37 bits per heavy atom. The lowest BCUT2D eigenvalue weighted by Crippen LogP contribution is -2.40. The van der Waals surface area contributed by atoms with Crippen LogP contribution in [0.4, 0.5) is 5.69 Å². The molecule has 0 saturated carbocycles. The Hall–Kier alpha value is -2.53. The van der Waals surface area contributed by atoms with Crippen molar-refractivity contribution in [3.05, 3.63) is 58.1 Å². The quantitative estimate of drug-likeness (QED) is 0.787. The van der Waals surface area contributed by atoms with E-state index in [4.69, 9.17) is 16.3 Å². The van der Waals surface area contributed by atoms with Crippen LogP contribution < -0.4 is 15.0 Å². The number of rotatable bonds is 7. The van der Waals surface area contributed by atoms with E-state index in [9.17, 15) is 9.59 Å². The van der Waals surface area contributed by atoms with Crippen molar-refractivity contribution in [2.45, 2.75) is 27.2 Å². The molecule has 0 saturated heterocycles. The minimum absolute atomic E-state index is 0.0679. The van der Waals surface area contributed by atoms with Gasteiger partial charge < -0.3 is 15.0 Å². The van der Waals surface area contributed by atoms with E-state index in [1.807, 2.05) is 44.2 Å². The molecular formula is C21H25ClN2O3. The molecule has 6 heteroatoms. The molecule has 2 amide bonds. The predicted molar refractivity (Wildman–Crippen MR) is 109 cm³/mol. The highest BCUT2D eigenvalue weighted by Crippen LogP contribution is 2.31. The molecule has 0 spiro atoms. The van der Waals surface area contributed by atoms with Crippen molar-refractivity contribution in [3.63, 3.8) is 0 Å². The van der Waals surface area contributed by atoms with E-state index in [2.05, 4.69) is 5.32 Å². The van der Waals surface area contributed by atoms with E-state index in [1.54, 1.807) is 13.2 Å². The Balaban J connectivity index is 1.98. The minimum Gasteiger partial charge on any atom is -0.497 e. The van der Waals surface area contributed by atoms with Crippen LogP contribution >= 0.6 is 11.6 Å². The maximum absolute atomic E-state index is 12.3. The van der Waals surface area contributed by atoms with Gasteiger partial charge in [0.05, 0.1) is 17.8 Å². The van der Waals surface area contributed by atoms with Gasteiger partial charge in [0, 0.05) is 13.5 Å². The van der Waals surface area contributed by atoms with Crippen LogP contribution in [-0.4, -0.2) is 32.0 Å². The molecule has 0 aliphatic rings. The molecule has 1 N–H and O–H groups in total. The molecule has 0 unspecified atom stereocenters. The fourth-order valence-corrected chi connectivity index (χ4v) is 3.36. The van der Waals surface area contributed by atoms with Gasteiger partial charge in [-0.25, -0.2) is 0 Å². The third-order valence-electron chi connectivity index (χ3n) is 4.24. The number of benzene rings is 2. The standard InChI is InChI=1S/C21H25ClN2O3/c1-14-11-15(2)21(19(22)12-14)24(16(3)25)13-20(26)23-10-9-17-5-7-18(27-4)8-6-17/h5-8,11-12H,9-10,13H2,1-4H3,(H,23,26). The first-order valence-electron chi connectivity index (χ1n) is 8.76. The van der Waals surface area contributed by atoms with Crippen LogP contribution in [0.15, 0.2) is 36.4 Å². The van der Waals surface area contributed by atoms with E-state index >= 15 is 0 Å². The summed E-state index contributed by atoms with van der Waals surface area (Å²) in [4.78, 5) is 25.9. The zero-order valence-electron chi connectivity index (χ0n) is 16.1. The van der Waals surface area contributed by atoms with Gasteiger partial charge in [0.25, 0.3) is 0 Å². The molecule has 2 aromatic carbocycles. The average molecular weight is 389 g/mol. The molecule has 0 radical (unpaired) electrons. The molecule has 5 nitrogen and oxygen atoms in total. The van der Waals surface area contributed by atoms with Crippen LogP contribution in [0.3, 0.4) is 0 Å². The smallest absolute Gasteiger partial charge is 0.240 e. The second kappa shape index (κ2) is 9.42. The summed E-state index contributed by atoms with van der Waals surface area (Å²) in [6.45, 7) is 5.66. The molecule has 0 aliphatic carbocycles. The number of halogens is 1. The van der Waals surface area contributed by atoms with Crippen LogP contribution in [0.25, 0.3) is 0 Å². The lowest BCUT2D eigenvalue weighted by molar-refractivity contribution is -0.123. The van der Waals surface area contributed by atoms with Crippen molar-refractivity contribution in [2.75, 3.05) is 25.1 Å². The molecule has 0 atom stereocenters. The molecule has 0 aromatic heterocycles. The van der Waals surface area contributed by atoms with Crippen molar-refractivity contribution in [1.82, 2.24) is 5.32 Å². The second-order valence-corrected chi connectivity index (χ2v) is 6.87. The van der Waals surface area contributed by atoms with Crippen LogP contribution in [0.1, 0.15) is 23.6 Å². The van der Waals surface area contributed by atoms with Crippen molar-refractivity contribution in [1.29, 1.82) is 0 Å². The summed E-state index contributed by atoms with van der Waals surface area (Å²) in [7, 11) is 1.62. The fraction of sp³-hybridized carbons (Fsp3) is 0.333. The number of hydrogen-bond donors (Lipinski definition) is 1. The SMILES string of the molecule is COc1ccc(CCNC(=O)CN(C(C)=O)c2c(C)cc(C)cc2Cl)cc1. The molecule has 0 aliphatic heterocycles. The van der Waals surface area contributed by atoms with Gasteiger partial charge in [0.15, 0.2) is 0 Å². The summed E-state index contributed by atoms with van der Waals surface area (Å²) in [5.74, 6) is 0.342. The first kappa shape index (κ1) is 20.8. The highest BCUT2D eigenvalue weighted by atomic mass is 35.5. The van der Waals surface area contributed by atoms with E-state index in [0.717, 1.165) is 22.4 Å². The zero-order valence-corrected chi connectivity index (χ0v) is 16.9. The largest absolute Gasteiger partial charge is 0.497 e. The maximum Gasteiger partial charge on any atom is 0.240 e. The van der Waals surface area contributed by atoms with Crippen LogP contribution in [0.2, 0.25) is 5.02 Å². The molecule has 0 bridgehead atoms. The minimum atomic E-state index is -0.228. The Labute approximate surface area is 165 Å². The number of anilines is 1. The third kappa shape index (κ3) is 5.73. The van der Waals surface area contributed by atoms with Crippen molar-refractivity contribution in [2.24, 2.45) is 0 Å². The monoisotopic (exact) mass is 388 g/mol. The number of carbonyl (C=O) groups excluding carboxylic acids is 2. The maximum atomic E-state index is 12.3. The average Bonchev–Trinajstić information content (AvgIpc) is 2.60. The Morgan fingerprint density at radius 2 is 1.81 bits per heavy atom. The number of methoxy groups -OCH3 is 1. The van der Waals surface area contributed by atoms with Gasteiger partial charge in [-0.15, -0.1) is 0 Å². The Bertz CT molecular complexity index is 796. The summed E-state index contributed by atoms with van der Waals surface area (Å²) >= 11 is 6.33. The van der Waals surface area contributed by atoms with Crippen molar-refractivity contribution < 1.29 is 14.3 Å². The molecule has 0 heterocycles. The summed E-state index contributed by atoms with van der Waals surface area (Å²) in [6, 6.07) is 11.4. The van der Waals surface area contributed by atoms with E-state index in [0.29, 0.717) is 23.7 Å². The van der Waals surface area contributed by atoms with Crippen molar-refractivity contribution in [3.8, 4) is 5.75 Å². The number of amides is 2. The summed E-state index contributed by atoms with van der Waals surface area (Å²) in [5, 5.41) is 3.32. The first-order chi connectivity index (χ1) is 12.8. The van der Waals surface area contributed by atoms with Gasteiger partial charge in [-0.05, 0) is 55.2 Å². The highest BCUT2D eigenvalue weighted by molar-refractivity contribution is 6.34. The van der Waals surface area contributed by atoms with E-state index < -0.39 is 0 Å². The van der Waals surface area contributed by atoms with Gasteiger partial charge in [0.2, 0.25) is 11.8 Å². The molecule has 0 fully saturated rings. The molecular weight excluding hydrogens is 364 g/mol. The third-order valence-corrected chi connectivity index (χ3v) is 4.53. The number of hydrogen-bond acceptors (Lipinski definition) is 3. The van der Waals surface area contributed by atoms with Crippen LogP contribution in [0.5, 0.6) is 5.75 Å². The number of aryl methyl sites for hydroxylation is 2. The topological polar surface area (TPSA) is 58.6 Å². The number of nitrogens with zero attached hydrogens (tertiary/aromatic N) is 1. The van der Waals surface area contributed by atoms with Gasteiger partial charge in [-0.2, -0.15) is 0 Å². The Morgan fingerprint density at radius 1 is 1.15 bits per heavy atom. The first-order valence-corrected chi connectivity index (χ1v) is 9.14. The molecule has 27 heavy (non-hydrogen) atoms. The highest BCUT2D eigenvalue weighted by Gasteiger charge is 2.20. The van der Waals surface area contributed by atoms with E-state index in [1.165, 1.54) is 11.8 Å². The van der Waals surface area contributed by atoms with Gasteiger partial charge in [0.1, 0.15) is 12.3 Å². The van der Waals surface area contributed by atoms with Crippen molar-refractivity contribution >= 4 is 29.1 Å². The normalized spacial score (nSPS) is 10.4. The molecule has 2 rings (SSSR count). The van der Waals surface area contributed by atoms with E-state index in [-0.39, 0.29) is 18.4 Å². The van der Waals surface area contributed by atoms with Gasteiger partial charge in [-0.3, -0.25) is 9.59 Å². The van der Waals surface area contributed by atoms with Crippen LogP contribution in [-0.2, 0) is 16.0 Å². The van der Waals surface area contributed by atoms with Gasteiger partial charge in [-0.1, -0.05) is 29.8 Å². The van der Waals surface area contributed by atoms with Gasteiger partial charge >= 0.3 is 0 Å². The summed E-state index contributed by atoms with van der Waals surface area (Å²) < 4.78 is 5.13. The number of ether oxygens (including phenoxy) is 1. The lowest BCUT2D eigenvalue weighted by Gasteiger charge is -2.24. The lowest BCUT2D eigenvalue weighted by atomic mass is 10.1. The summed E-state index contributed by atoms with van der Waals surface area (Å²) in [5.41, 5.74) is 3.55. The number of nitrogens with one attached hydrogen (secondary N) is 1. The molecule has 144 valence electrons. The number of carbonyl (C=O) groups is 2. The fourth-order valence-electron chi connectivity index (χ4n) is 2.94. The second-order valence-electron chi connectivity index (χ2n) is 6.47. The molecule has 2 aromatic rings. The summed E-state index contributed by atoms with van der Waals surface area (Å²) in [6.07, 6.45) is 0.695.